The summed E-state index contributed by atoms with van der Waals surface area (Å²) in [5, 5.41) is 5.48. The Kier molecular flexibility index (Phi) is 6.28. The summed E-state index contributed by atoms with van der Waals surface area (Å²) in [5.74, 6) is 0.0360. The monoisotopic (exact) mass is 340 g/mol. The minimum Gasteiger partial charge on any atom is -0.484 e. The van der Waals surface area contributed by atoms with Crippen molar-refractivity contribution in [2.24, 2.45) is 5.92 Å². The lowest BCUT2D eigenvalue weighted by atomic mass is 10.2. The van der Waals surface area contributed by atoms with Crippen molar-refractivity contribution in [1.82, 2.24) is 0 Å². The van der Waals surface area contributed by atoms with E-state index in [4.69, 9.17) is 4.74 Å². The molecular weight excluding hydrogens is 320 g/mol. The van der Waals surface area contributed by atoms with Crippen LogP contribution in [0.4, 0.5) is 11.4 Å². The predicted octanol–water partition coefficient (Wildman–Crippen LogP) is 3.11. The molecule has 0 aliphatic rings. The first kappa shape index (κ1) is 18.2. The maximum Gasteiger partial charge on any atom is 0.262 e. The van der Waals surface area contributed by atoms with Gasteiger partial charge in [-0.15, -0.1) is 0 Å². The van der Waals surface area contributed by atoms with E-state index in [0.29, 0.717) is 22.7 Å². The molecule has 6 nitrogen and oxygen atoms in total. The molecule has 0 spiro atoms. The van der Waals surface area contributed by atoms with Gasteiger partial charge in [0.15, 0.2) is 6.61 Å². The molecule has 0 bridgehead atoms. The topological polar surface area (TPSA) is 84.5 Å². The molecule has 0 aliphatic carbocycles. The number of ether oxygens (including phenoxy) is 1. The summed E-state index contributed by atoms with van der Waals surface area (Å²) < 4.78 is 5.36. The van der Waals surface area contributed by atoms with Gasteiger partial charge in [-0.3, -0.25) is 14.4 Å². The van der Waals surface area contributed by atoms with Crippen LogP contribution < -0.4 is 15.4 Å². The molecule has 25 heavy (non-hydrogen) atoms. The summed E-state index contributed by atoms with van der Waals surface area (Å²) in [4.78, 5) is 34.1. The lowest BCUT2D eigenvalue weighted by Gasteiger charge is -2.10. The van der Waals surface area contributed by atoms with Gasteiger partial charge in [-0.2, -0.15) is 0 Å². The summed E-state index contributed by atoms with van der Waals surface area (Å²) >= 11 is 0. The number of rotatable bonds is 7. The van der Waals surface area contributed by atoms with Gasteiger partial charge in [0.25, 0.3) is 5.91 Å². The molecule has 6 heteroatoms. The highest BCUT2D eigenvalue weighted by Crippen LogP contribution is 2.15. The van der Waals surface area contributed by atoms with E-state index in [1.54, 1.807) is 48.5 Å². The second kappa shape index (κ2) is 8.63. The first-order valence-corrected chi connectivity index (χ1v) is 7.87. The summed E-state index contributed by atoms with van der Waals surface area (Å²) in [5.41, 5.74) is 1.82. The summed E-state index contributed by atoms with van der Waals surface area (Å²) in [7, 11) is 0. The largest absolute Gasteiger partial charge is 0.484 e. The zero-order chi connectivity index (χ0) is 18.2. The van der Waals surface area contributed by atoms with E-state index in [1.807, 2.05) is 13.8 Å². The second-order valence-corrected chi connectivity index (χ2v) is 5.75. The molecule has 0 fully saturated rings. The van der Waals surface area contributed by atoms with Gasteiger partial charge in [-0.05, 0) is 48.5 Å². The van der Waals surface area contributed by atoms with Crippen molar-refractivity contribution in [3.05, 3.63) is 54.1 Å². The molecule has 0 aliphatic heterocycles. The van der Waals surface area contributed by atoms with Gasteiger partial charge < -0.3 is 15.4 Å². The lowest BCUT2D eigenvalue weighted by Crippen LogP contribution is -2.20. The van der Waals surface area contributed by atoms with Crippen LogP contribution >= 0.6 is 0 Å². The van der Waals surface area contributed by atoms with E-state index < -0.39 is 0 Å². The predicted molar refractivity (Wildman–Crippen MR) is 95.9 cm³/mol. The molecule has 2 N–H and O–H groups in total. The van der Waals surface area contributed by atoms with Crippen LogP contribution in [0.3, 0.4) is 0 Å². The molecule has 2 aromatic rings. The van der Waals surface area contributed by atoms with E-state index >= 15 is 0 Å². The van der Waals surface area contributed by atoms with Crippen LogP contribution in [-0.4, -0.2) is 24.7 Å². The number of anilines is 2. The zero-order valence-electron chi connectivity index (χ0n) is 14.1. The third kappa shape index (κ3) is 5.76. The molecule has 0 atom stereocenters. The molecule has 0 unspecified atom stereocenters. The van der Waals surface area contributed by atoms with E-state index in [-0.39, 0.29) is 24.3 Å². The Morgan fingerprint density at radius 1 is 0.960 bits per heavy atom. The van der Waals surface area contributed by atoms with Gasteiger partial charge >= 0.3 is 0 Å². The van der Waals surface area contributed by atoms with Crippen molar-refractivity contribution in [3.8, 4) is 5.75 Å². The number of carbonyl (C=O) groups excluding carboxylic acids is 3. The molecule has 0 saturated heterocycles. The average Bonchev–Trinajstić information content (AvgIpc) is 2.62. The molecule has 0 radical (unpaired) electrons. The Morgan fingerprint density at radius 2 is 1.52 bits per heavy atom. The van der Waals surface area contributed by atoms with Gasteiger partial charge in [0.1, 0.15) is 12.0 Å². The van der Waals surface area contributed by atoms with Crippen molar-refractivity contribution in [1.29, 1.82) is 0 Å². The first-order chi connectivity index (χ1) is 12.0. The minimum absolute atomic E-state index is 0.0641. The van der Waals surface area contributed by atoms with Crippen LogP contribution in [0, 0.1) is 5.92 Å². The van der Waals surface area contributed by atoms with Crippen molar-refractivity contribution >= 4 is 29.5 Å². The molecule has 2 amide bonds. The number of nitrogens with one attached hydrogen (secondary N) is 2. The standard InChI is InChI=1S/C19H20N2O4/c1-13(2)19(24)21-16-7-5-15(6-8-16)20-18(23)12-25-17-9-3-14(11-22)4-10-17/h3-11,13H,12H2,1-2H3,(H,20,23)(H,21,24). The van der Waals surface area contributed by atoms with Crippen molar-refractivity contribution in [2.75, 3.05) is 17.2 Å². The Balaban J connectivity index is 1.83. The van der Waals surface area contributed by atoms with Gasteiger partial charge in [0, 0.05) is 22.9 Å². The second-order valence-electron chi connectivity index (χ2n) is 5.75. The number of aldehydes is 1. The van der Waals surface area contributed by atoms with E-state index in [0.717, 1.165) is 6.29 Å². The lowest BCUT2D eigenvalue weighted by molar-refractivity contribution is -0.119. The molecule has 0 aromatic heterocycles. The number of hydrogen-bond donors (Lipinski definition) is 2. The normalized spacial score (nSPS) is 10.2. The molecule has 2 rings (SSSR count). The highest BCUT2D eigenvalue weighted by molar-refractivity contribution is 5.94. The third-order valence-electron chi connectivity index (χ3n) is 3.35. The van der Waals surface area contributed by atoms with Gasteiger partial charge in [0.05, 0.1) is 0 Å². The van der Waals surface area contributed by atoms with Crippen LogP contribution in [0.15, 0.2) is 48.5 Å². The Bertz CT molecular complexity index is 737. The van der Waals surface area contributed by atoms with Crippen LogP contribution in [0.25, 0.3) is 0 Å². The molecule has 0 heterocycles. The van der Waals surface area contributed by atoms with Crippen LogP contribution in [0.5, 0.6) is 5.75 Å². The Morgan fingerprint density at radius 3 is 2.04 bits per heavy atom. The summed E-state index contributed by atoms with van der Waals surface area (Å²) in [6, 6.07) is 13.3. The Labute approximate surface area is 146 Å². The molecule has 130 valence electrons. The first-order valence-electron chi connectivity index (χ1n) is 7.87. The zero-order valence-corrected chi connectivity index (χ0v) is 14.1. The highest BCUT2D eigenvalue weighted by Gasteiger charge is 2.08. The van der Waals surface area contributed by atoms with Crippen molar-refractivity contribution in [2.45, 2.75) is 13.8 Å². The summed E-state index contributed by atoms with van der Waals surface area (Å²) in [6.07, 6.45) is 0.740. The fourth-order valence-electron chi connectivity index (χ4n) is 1.91. The number of amides is 2. The quantitative estimate of drug-likeness (QED) is 0.759. The number of benzene rings is 2. The number of carbonyl (C=O) groups is 3. The van der Waals surface area contributed by atoms with E-state index in [1.165, 1.54) is 0 Å². The minimum atomic E-state index is -0.307. The fraction of sp³-hybridized carbons (Fsp3) is 0.211. The average molecular weight is 340 g/mol. The smallest absolute Gasteiger partial charge is 0.262 e. The Hall–Kier alpha value is -3.15. The summed E-state index contributed by atoms with van der Waals surface area (Å²) in [6.45, 7) is 3.49. The molecular formula is C19H20N2O4. The SMILES string of the molecule is CC(C)C(=O)Nc1ccc(NC(=O)COc2ccc(C=O)cc2)cc1. The molecule has 0 saturated carbocycles. The highest BCUT2D eigenvalue weighted by atomic mass is 16.5. The van der Waals surface area contributed by atoms with Crippen LogP contribution in [0.1, 0.15) is 24.2 Å². The number of hydrogen-bond acceptors (Lipinski definition) is 4. The van der Waals surface area contributed by atoms with Crippen LogP contribution in [-0.2, 0) is 9.59 Å². The van der Waals surface area contributed by atoms with Crippen molar-refractivity contribution in [3.63, 3.8) is 0 Å². The van der Waals surface area contributed by atoms with Gasteiger partial charge in [0.2, 0.25) is 5.91 Å². The molecule has 2 aromatic carbocycles. The van der Waals surface area contributed by atoms with Gasteiger partial charge in [-0.25, -0.2) is 0 Å². The maximum atomic E-state index is 11.9. The third-order valence-corrected chi connectivity index (χ3v) is 3.35. The van der Waals surface area contributed by atoms with Gasteiger partial charge in [-0.1, -0.05) is 13.8 Å². The van der Waals surface area contributed by atoms with E-state index in [2.05, 4.69) is 10.6 Å². The maximum absolute atomic E-state index is 11.9. The van der Waals surface area contributed by atoms with E-state index in [9.17, 15) is 14.4 Å². The van der Waals surface area contributed by atoms with Crippen LogP contribution in [0.2, 0.25) is 0 Å². The van der Waals surface area contributed by atoms with Crippen molar-refractivity contribution < 1.29 is 19.1 Å². The fourth-order valence-corrected chi connectivity index (χ4v) is 1.91.